The lowest BCUT2D eigenvalue weighted by atomic mass is 9.93. The summed E-state index contributed by atoms with van der Waals surface area (Å²) in [6.07, 6.45) is 0.00310. The predicted molar refractivity (Wildman–Crippen MR) is 49.6 cm³/mol. The van der Waals surface area contributed by atoms with Crippen LogP contribution in [0.2, 0.25) is 0 Å². The molecule has 1 aliphatic rings. The molecule has 1 aliphatic heterocycles. The van der Waals surface area contributed by atoms with E-state index >= 15 is 0 Å². The van der Waals surface area contributed by atoms with Crippen LogP contribution in [0.25, 0.3) is 0 Å². The zero-order chi connectivity index (χ0) is 11.0. The highest BCUT2D eigenvalue weighted by Gasteiger charge is 2.35. The van der Waals surface area contributed by atoms with Crippen molar-refractivity contribution >= 4 is 11.9 Å². The number of ether oxygens (including phenoxy) is 1. The van der Waals surface area contributed by atoms with Crippen LogP contribution in [-0.4, -0.2) is 11.9 Å². The molecular weight excluding hydrogens is 199 g/mol. The predicted octanol–water partition coefficient (Wildman–Crippen LogP) is 1.69. The summed E-state index contributed by atoms with van der Waals surface area (Å²) in [5, 5.41) is 0. The van der Waals surface area contributed by atoms with E-state index in [1.54, 1.807) is 13.0 Å². The van der Waals surface area contributed by atoms with Crippen LogP contribution in [-0.2, 0) is 14.3 Å². The highest BCUT2D eigenvalue weighted by Crippen LogP contribution is 2.30. The van der Waals surface area contributed by atoms with Crippen LogP contribution in [0.5, 0.6) is 0 Å². The first-order chi connectivity index (χ1) is 7.09. The van der Waals surface area contributed by atoms with Crippen LogP contribution in [0, 0.1) is 12.7 Å². The Bertz CT molecular complexity index is 439. The van der Waals surface area contributed by atoms with E-state index in [0.29, 0.717) is 11.1 Å². The monoisotopic (exact) mass is 208 g/mol. The van der Waals surface area contributed by atoms with Gasteiger partial charge in [-0.15, -0.1) is 0 Å². The maximum absolute atomic E-state index is 13.2. The molecule has 1 aromatic carbocycles. The summed E-state index contributed by atoms with van der Waals surface area (Å²) in [5.41, 5.74) is 0.931. The van der Waals surface area contributed by atoms with Gasteiger partial charge in [-0.05, 0) is 24.1 Å². The van der Waals surface area contributed by atoms with Gasteiger partial charge < -0.3 is 4.74 Å². The van der Waals surface area contributed by atoms with Gasteiger partial charge in [0.05, 0.1) is 12.3 Å². The minimum absolute atomic E-state index is 0.00310. The number of cyclic esters (lactones) is 2. The first kappa shape index (κ1) is 9.83. The van der Waals surface area contributed by atoms with Gasteiger partial charge in [-0.2, -0.15) is 0 Å². The fourth-order valence-electron chi connectivity index (χ4n) is 1.71. The van der Waals surface area contributed by atoms with Crippen molar-refractivity contribution < 1.29 is 18.7 Å². The molecule has 2 rings (SSSR count). The van der Waals surface area contributed by atoms with E-state index in [0.717, 1.165) is 0 Å². The Morgan fingerprint density at radius 3 is 2.73 bits per heavy atom. The fraction of sp³-hybridized carbons (Fsp3) is 0.273. The molecule has 3 nitrogen and oxygen atoms in total. The van der Waals surface area contributed by atoms with Crippen molar-refractivity contribution in [3.05, 3.63) is 35.1 Å². The molecule has 0 aromatic heterocycles. The quantitative estimate of drug-likeness (QED) is 0.521. The van der Waals surface area contributed by atoms with E-state index in [2.05, 4.69) is 4.74 Å². The minimum atomic E-state index is -0.645. The molecule has 1 saturated heterocycles. The molecule has 4 heteroatoms. The molecule has 1 unspecified atom stereocenters. The Balaban J connectivity index is 2.42. The van der Waals surface area contributed by atoms with E-state index in [-0.39, 0.29) is 12.2 Å². The van der Waals surface area contributed by atoms with Gasteiger partial charge in [0.2, 0.25) is 0 Å². The Morgan fingerprint density at radius 1 is 1.40 bits per heavy atom. The third-order valence-corrected chi connectivity index (χ3v) is 2.55. The second-order valence-corrected chi connectivity index (χ2v) is 3.50. The molecule has 0 aliphatic carbocycles. The highest BCUT2D eigenvalue weighted by atomic mass is 19.1. The lowest BCUT2D eigenvalue weighted by Gasteiger charge is -2.09. The second kappa shape index (κ2) is 3.46. The van der Waals surface area contributed by atoms with E-state index < -0.39 is 17.9 Å². The Labute approximate surface area is 85.9 Å². The van der Waals surface area contributed by atoms with Gasteiger partial charge in [0.15, 0.2) is 0 Å². The molecule has 1 atom stereocenters. The third-order valence-electron chi connectivity index (χ3n) is 2.55. The summed E-state index contributed by atoms with van der Waals surface area (Å²) in [6.45, 7) is 1.58. The highest BCUT2D eigenvalue weighted by molar-refractivity contribution is 5.98. The number of hydrogen-bond acceptors (Lipinski definition) is 3. The van der Waals surface area contributed by atoms with Crippen molar-refractivity contribution in [2.45, 2.75) is 19.3 Å². The average Bonchev–Trinajstić information content (AvgIpc) is 2.50. The Morgan fingerprint density at radius 2 is 2.13 bits per heavy atom. The molecule has 1 fully saturated rings. The minimum Gasteiger partial charge on any atom is -0.393 e. The number of carbonyl (C=O) groups excluding carboxylic acids is 2. The van der Waals surface area contributed by atoms with E-state index in [4.69, 9.17) is 0 Å². The number of benzene rings is 1. The first-order valence-electron chi connectivity index (χ1n) is 4.59. The summed E-state index contributed by atoms with van der Waals surface area (Å²) in [4.78, 5) is 22.2. The van der Waals surface area contributed by atoms with Crippen LogP contribution < -0.4 is 0 Å². The SMILES string of the molecule is Cc1c(F)cccc1C1CC(=O)OC1=O. The summed E-state index contributed by atoms with van der Waals surface area (Å²) in [7, 11) is 0. The Kier molecular flexibility index (Phi) is 2.26. The average molecular weight is 208 g/mol. The van der Waals surface area contributed by atoms with Crippen LogP contribution in [0.3, 0.4) is 0 Å². The molecule has 0 saturated carbocycles. The zero-order valence-corrected chi connectivity index (χ0v) is 8.12. The lowest BCUT2D eigenvalue weighted by molar-refractivity contribution is -0.152. The van der Waals surface area contributed by atoms with Gasteiger partial charge >= 0.3 is 11.9 Å². The van der Waals surface area contributed by atoms with Gasteiger partial charge in [-0.25, -0.2) is 4.39 Å². The number of carbonyl (C=O) groups is 2. The molecule has 0 amide bonds. The maximum atomic E-state index is 13.2. The van der Waals surface area contributed by atoms with Crippen molar-refractivity contribution in [3.63, 3.8) is 0 Å². The van der Waals surface area contributed by atoms with Gasteiger partial charge in [-0.3, -0.25) is 9.59 Å². The Hall–Kier alpha value is -1.71. The first-order valence-corrected chi connectivity index (χ1v) is 4.59. The molecule has 78 valence electrons. The largest absolute Gasteiger partial charge is 0.393 e. The summed E-state index contributed by atoms with van der Waals surface area (Å²) < 4.78 is 17.6. The third kappa shape index (κ3) is 1.63. The number of esters is 2. The number of hydrogen-bond donors (Lipinski definition) is 0. The summed E-state index contributed by atoms with van der Waals surface area (Å²) >= 11 is 0. The van der Waals surface area contributed by atoms with E-state index in [9.17, 15) is 14.0 Å². The van der Waals surface area contributed by atoms with E-state index in [1.807, 2.05) is 0 Å². The normalized spacial score (nSPS) is 20.5. The number of rotatable bonds is 1. The zero-order valence-electron chi connectivity index (χ0n) is 8.12. The van der Waals surface area contributed by atoms with Crippen LogP contribution in [0.1, 0.15) is 23.5 Å². The summed E-state index contributed by atoms with van der Waals surface area (Å²) in [6, 6.07) is 4.48. The molecule has 15 heavy (non-hydrogen) atoms. The van der Waals surface area contributed by atoms with Crippen LogP contribution >= 0.6 is 0 Å². The molecule has 1 heterocycles. The van der Waals surface area contributed by atoms with Gasteiger partial charge in [-0.1, -0.05) is 12.1 Å². The molecular formula is C11H9FO3. The molecule has 0 N–H and O–H groups in total. The second-order valence-electron chi connectivity index (χ2n) is 3.50. The van der Waals surface area contributed by atoms with Gasteiger partial charge in [0, 0.05) is 0 Å². The smallest absolute Gasteiger partial charge is 0.321 e. The maximum Gasteiger partial charge on any atom is 0.321 e. The summed E-state index contributed by atoms with van der Waals surface area (Å²) in [5.74, 6) is -2.16. The van der Waals surface area contributed by atoms with Crippen LogP contribution in [0.4, 0.5) is 4.39 Å². The van der Waals surface area contributed by atoms with Crippen molar-refractivity contribution in [1.29, 1.82) is 0 Å². The van der Waals surface area contributed by atoms with Crippen molar-refractivity contribution in [3.8, 4) is 0 Å². The number of halogens is 1. The van der Waals surface area contributed by atoms with Gasteiger partial charge in [0.25, 0.3) is 0 Å². The van der Waals surface area contributed by atoms with Crippen molar-refractivity contribution in [1.82, 2.24) is 0 Å². The lowest BCUT2D eigenvalue weighted by Crippen LogP contribution is -2.08. The molecule has 0 radical (unpaired) electrons. The topological polar surface area (TPSA) is 43.4 Å². The molecule has 0 bridgehead atoms. The molecule has 1 aromatic rings. The van der Waals surface area contributed by atoms with Crippen molar-refractivity contribution in [2.75, 3.05) is 0 Å². The molecule has 0 spiro atoms. The van der Waals surface area contributed by atoms with Gasteiger partial charge in [0.1, 0.15) is 5.82 Å². The van der Waals surface area contributed by atoms with Crippen molar-refractivity contribution in [2.24, 2.45) is 0 Å². The van der Waals surface area contributed by atoms with E-state index in [1.165, 1.54) is 12.1 Å². The van der Waals surface area contributed by atoms with Crippen LogP contribution in [0.15, 0.2) is 18.2 Å². The fourth-order valence-corrected chi connectivity index (χ4v) is 1.71. The standard InChI is InChI=1S/C11H9FO3/c1-6-7(3-2-4-9(6)12)8-5-10(13)15-11(8)14/h2-4,8H,5H2,1H3.